The number of carbonyl (C=O) groups excluding carboxylic acids is 2. The van der Waals surface area contributed by atoms with Gasteiger partial charge in [0, 0.05) is 32.2 Å². The van der Waals surface area contributed by atoms with Gasteiger partial charge in [0.05, 0.1) is 12.5 Å². The molecule has 21 heavy (non-hydrogen) atoms. The molecule has 0 spiro atoms. The van der Waals surface area contributed by atoms with Crippen LogP contribution in [0.1, 0.15) is 19.8 Å². The Morgan fingerprint density at radius 3 is 2.90 bits per heavy atom. The van der Waals surface area contributed by atoms with Crippen LogP contribution in [0, 0.1) is 5.92 Å². The number of hydrogen-bond donors (Lipinski definition) is 3. The van der Waals surface area contributed by atoms with Crippen molar-refractivity contribution in [2.24, 2.45) is 5.92 Å². The maximum absolute atomic E-state index is 12.2. The first kappa shape index (κ1) is 15.6. The summed E-state index contributed by atoms with van der Waals surface area (Å²) in [4.78, 5) is 36.1. The van der Waals surface area contributed by atoms with E-state index in [0.717, 1.165) is 6.42 Å². The molecule has 2 heterocycles. The van der Waals surface area contributed by atoms with Crippen LogP contribution in [0.5, 0.6) is 0 Å². The number of ether oxygens (including phenoxy) is 1. The smallest absolute Gasteiger partial charge is 0.318 e. The largest absolute Gasteiger partial charge is 0.481 e. The van der Waals surface area contributed by atoms with Gasteiger partial charge in [-0.3, -0.25) is 9.59 Å². The van der Waals surface area contributed by atoms with Crippen LogP contribution in [0.4, 0.5) is 4.79 Å². The molecule has 8 heteroatoms. The molecule has 0 radical (unpaired) electrons. The second kappa shape index (κ2) is 6.75. The summed E-state index contributed by atoms with van der Waals surface area (Å²) < 4.78 is 5.43. The van der Waals surface area contributed by atoms with Crippen molar-refractivity contribution in [3.8, 4) is 0 Å². The lowest BCUT2D eigenvalue weighted by Gasteiger charge is -2.34. The molecule has 2 fully saturated rings. The second-order valence-corrected chi connectivity index (χ2v) is 5.41. The zero-order valence-corrected chi connectivity index (χ0v) is 12.0. The number of amides is 3. The quantitative estimate of drug-likeness (QED) is 0.642. The van der Waals surface area contributed by atoms with Crippen LogP contribution in [-0.2, 0) is 14.3 Å². The number of carboxylic acids is 1. The van der Waals surface area contributed by atoms with Crippen molar-refractivity contribution < 1.29 is 24.2 Å². The van der Waals surface area contributed by atoms with E-state index < -0.39 is 23.9 Å². The molecule has 3 atom stereocenters. The van der Waals surface area contributed by atoms with Gasteiger partial charge in [0.25, 0.3) is 0 Å². The number of rotatable bonds is 4. The molecule has 3 N–H and O–H groups in total. The first-order valence-electron chi connectivity index (χ1n) is 7.14. The van der Waals surface area contributed by atoms with Gasteiger partial charge in [-0.15, -0.1) is 0 Å². The van der Waals surface area contributed by atoms with Gasteiger partial charge in [0.1, 0.15) is 6.04 Å². The maximum atomic E-state index is 12.2. The number of piperazine rings is 1. The van der Waals surface area contributed by atoms with Gasteiger partial charge in [-0.1, -0.05) is 0 Å². The van der Waals surface area contributed by atoms with E-state index in [2.05, 4.69) is 10.6 Å². The van der Waals surface area contributed by atoms with E-state index in [0.29, 0.717) is 26.2 Å². The minimum absolute atomic E-state index is 0.102. The Balaban J connectivity index is 1.91. The molecule has 0 aromatic carbocycles. The fraction of sp³-hybridized carbons (Fsp3) is 0.769. The predicted molar refractivity (Wildman–Crippen MR) is 72.7 cm³/mol. The van der Waals surface area contributed by atoms with Gasteiger partial charge in [-0.2, -0.15) is 0 Å². The molecular formula is C13H21N3O5. The number of nitrogens with one attached hydrogen (secondary N) is 2. The summed E-state index contributed by atoms with van der Waals surface area (Å²) in [5.41, 5.74) is 0. The molecular weight excluding hydrogens is 278 g/mol. The molecule has 118 valence electrons. The van der Waals surface area contributed by atoms with Gasteiger partial charge in [0.2, 0.25) is 5.91 Å². The van der Waals surface area contributed by atoms with Crippen LogP contribution in [0.15, 0.2) is 0 Å². The molecule has 0 aromatic rings. The van der Waals surface area contributed by atoms with Gasteiger partial charge in [-0.25, -0.2) is 4.79 Å². The number of urea groups is 1. The highest BCUT2D eigenvalue weighted by Gasteiger charge is 2.35. The van der Waals surface area contributed by atoms with Crippen LogP contribution in [0.25, 0.3) is 0 Å². The highest BCUT2D eigenvalue weighted by atomic mass is 16.5. The van der Waals surface area contributed by atoms with Crippen molar-refractivity contribution >= 4 is 17.9 Å². The van der Waals surface area contributed by atoms with E-state index in [1.54, 1.807) is 0 Å². The Kier molecular flexibility index (Phi) is 5.00. The lowest BCUT2D eigenvalue weighted by atomic mass is 10.0. The van der Waals surface area contributed by atoms with E-state index in [1.165, 1.54) is 4.90 Å². The third kappa shape index (κ3) is 3.84. The normalized spacial score (nSPS) is 29.1. The minimum Gasteiger partial charge on any atom is -0.481 e. The zero-order chi connectivity index (χ0) is 15.4. The number of hydrogen-bond acceptors (Lipinski definition) is 4. The lowest BCUT2D eigenvalue weighted by Crippen LogP contribution is -2.60. The maximum Gasteiger partial charge on any atom is 0.318 e. The Morgan fingerprint density at radius 2 is 2.29 bits per heavy atom. The van der Waals surface area contributed by atoms with Crippen LogP contribution in [0.2, 0.25) is 0 Å². The van der Waals surface area contributed by atoms with E-state index in [-0.39, 0.29) is 18.4 Å². The minimum atomic E-state index is -1.10. The Labute approximate surface area is 122 Å². The van der Waals surface area contributed by atoms with Crippen molar-refractivity contribution in [1.29, 1.82) is 0 Å². The number of carbonyl (C=O) groups is 3. The third-order valence-electron chi connectivity index (χ3n) is 4.01. The molecule has 3 unspecified atom stereocenters. The zero-order valence-electron chi connectivity index (χ0n) is 12.0. The molecule has 2 aliphatic heterocycles. The topological polar surface area (TPSA) is 108 Å². The average molecular weight is 299 g/mol. The first-order valence-corrected chi connectivity index (χ1v) is 7.14. The van der Waals surface area contributed by atoms with Crippen molar-refractivity contribution in [1.82, 2.24) is 15.5 Å². The van der Waals surface area contributed by atoms with Crippen molar-refractivity contribution in [3.63, 3.8) is 0 Å². The lowest BCUT2D eigenvalue weighted by molar-refractivity contribution is -0.142. The molecule has 2 aliphatic rings. The first-order chi connectivity index (χ1) is 9.99. The Hall–Kier alpha value is -1.83. The van der Waals surface area contributed by atoms with Crippen LogP contribution in [0.3, 0.4) is 0 Å². The summed E-state index contributed by atoms with van der Waals surface area (Å²) in [6, 6.07) is -1.34. The predicted octanol–water partition coefficient (Wildman–Crippen LogP) is -0.604. The average Bonchev–Trinajstić information content (AvgIpc) is 2.83. The van der Waals surface area contributed by atoms with Gasteiger partial charge >= 0.3 is 12.0 Å². The van der Waals surface area contributed by atoms with Gasteiger partial charge < -0.3 is 25.4 Å². The SMILES string of the molecule is CC1OCCC1CNC(=O)N1CCNC(=O)C1CC(=O)O. The van der Waals surface area contributed by atoms with E-state index in [9.17, 15) is 14.4 Å². The third-order valence-corrected chi connectivity index (χ3v) is 4.01. The highest BCUT2D eigenvalue weighted by Crippen LogP contribution is 2.19. The highest BCUT2D eigenvalue weighted by molar-refractivity contribution is 5.91. The van der Waals surface area contributed by atoms with E-state index in [1.807, 2.05) is 6.92 Å². The Bertz CT molecular complexity index is 428. The summed E-state index contributed by atoms with van der Waals surface area (Å²) >= 11 is 0. The van der Waals surface area contributed by atoms with E-state index >= 15 is 0 Å². The second-order valence-electron chi connectivity index (χ2n) is 5.41. The monoisotopic (exact) mass is 299 g/mol. The molecule has 0 aromatic heterocycles. The molecule has 8 nitrogen and oxygen atoms in total. The number of nitrogens with zero attached hydrogens (tertiary/aromatic N) is 1. The van der Waals surface area contributed by atoms with Crippen LogP contribution in [-0.4, -0.2) is 66.3 Å². The summed E-state index contributed by atoms with van der Waals surface area (Å²) in [6.07, 6.45) is 0.604. The molecule has 0 aliphatic carbocycles. The van der Waals surface area contributed by atoms with Crippen LogP contribution < -0.4 is 10.6 Å². The van der Waals surface area contributed by atoms with Crippen molar-refractivity contribution in [3.05, 3.63) is 0 Å². The fourth-order valence-electron chi connectivity index (χ4n) is 2.69. The molecule has 0 bridgehead atoms. The summed E-state index contributed by atoms with van der Waals surface area (Å²) in [5.74, 6) is -1.27. The summed E-state index contributed by atoms with van der Waals surface area (Å²) in [6.45, 7) is 3.77. The summed E-state index contributed by atoms with van der Waals surface area (Å²) in [5, 5.41) is 14.2. The summed E-state index contributed by atoms with van der Waals surface area (Å²) in [7, 11) is 0. The van der Waals surface area contributed by atoms with Crippen molar-refractivity contribution in [2.75, 3.05) is 26.2 Å². The van der Waals surface area contributed by atoms with Gasteiger partial charge in [-0.05, 0) is 13.3 Å². The molecule has 2 saturated heterocycles. The molecule has 0 saturated carbocycles. The fourth-order valence-corrected chi connectivity index (χ4v) is 2.69. The standard InChI is InChI=1S/C13H21N3O5/c1-8-9(2-5-21-8)7-15-13(20)16-4-3-14-12(19)10(16)6-11(17)18/h8-10H,2-7H2,1H3,(H,14,19)(H,15,20)(H,17,18). The van der Waals surface area contributed by atoms with E-state index in [4.69, 9.17) is 9.84 Å². The Morgan fingerprint density at radius 1 is 1.52 bits per heavy atom. The molecule has 3 amide bonds. The van der Waals surface area contributed by atoms with Crippen LogP contribution >= 0.6 is 0 Å². The van der Waals surface area contributed by atoms with Gasteiger partial charge in [0.15, 0.2) is 0 Å². The molecule has 2 rings (SSSR count). The number of carboxylic acid groups (broad SMARTS) is 1. The number of aliphatic carboxylic acids is 1. The van der Waals surface area contributed by atoms with Crippen molar-refractivity contribution in [2.45, 2.75) is 31.9 Å².